The monoisotopic (exact) mass is 388 g/mol. The topological polar surface area (TPSA) is 87.6 Å². The van der Waals surface area contributed by atoms with Gasteiger partial charge in [-0.3, -0.25) is 9.59 Å². The highest BCUT2D eigenvalue weighted by Crippen LogP contribution is 2.24. The van der Waals surface area contributed by atoms with Crippen molar-refractivity contribution in [3.63, 3.8) is 0 Å². The number of carbonyl (C=O) groups excluding carboxylic acids is 2. The summed E-state index contributed by atoms with van der Waals surface area (Å²) in [6, 6.07) is 5.47. The first-order valence-corrected chi connectivity index (χ1v) is 8.77. The maximum Gasteiger partial charge on any atom is 0.337 e. The molecule has 146 valence electrons. The molecule has 1 saturated heterocycles. The predicted octanol–water partition coefficient (Wildman–Crippen LogP) is 3.10. The van der Waals surface area contributed by atoms with Crippen molar-refractivity contribution in [2.75, 3.05) is 13.1 Å². The summed E-state index contributed by atoms with van der Waals surface area (Å²) in [5, 5.41) is 9.04. The van der Waals surface area contributed by atoms with E-state index in [0.29, 0.717) is 12.8 Å². The molecule has 28 heavy (non-hydrogen) atoms. The number of aromatic carboxylic acids is 1. The normalized spacial score (nSPS) is 14.8. The molecule has 1 aromatic heterocycles. The fourth-order valence-electron chi connectivity index (χ4n) is 3.32. The number of hydrogen-bond donors (Lipinski definition) is 1. The van der Waals surface area contributed by atoms with E-state index in [9.17, 15) is 23.2 Å². The summed E-state index contributed by atoms with van der Waals surface area (Å²) in [7, 11) is 0. The number of carbonyl (C=O) groups is 3. The number of Topliss-reactive ketones (excluding diaryl/α,β-unsaturated/α-hetero) is 1. The zero-order valence-corrected chi connectivity index (χ0v) is 15.1. The second-order valence-electron chi connectivity index (χ2n) is 6.69. The summed E-state index contributed by atoms with van der Waals surface area (Å²) in [5.41, 5.74) is 0.123. The van der Waals surface area contributed by atoms with Crippen LogP contribution in [0.1, 0.15) is 49.7 Å². The van der Waals surface area contributed by atoms with Crippen molar-refractivity contribution >= 4 is 17.7 Å². The predicted molar refractivity (Wildman–Crippen MR) is 95.2 cm³/mol. The van der Waals surface area contributed by atoms with E-state index in [2.05, 4.69) is 4.98 Å². The largest absolute Gasteiger partial charge is 0.478 e. The Labute approximate surface area is 159 Å². The molecule has 0 spiro atoms. The molecule has 0 unspecified atom stereocenters. The SMILES string of the molecule is Cc1nc(C(=O)N2CCC(C(=O)c3cc(F)ccc3F)CC2)ccc1C(=O)O. The number of nitrogens with zero attached hydrogens (tertiary/aromatic N) is 2. The van der Waals surface area contributed by atoms with Gasteiger partial charge in [-0.05, 0) is 50.1 Å². The van der Waals surface area contributed by atoms with E-state index >= 15 is 0 Å². The van der Waals surface area contributed by atoms with Gasteiger partial charge >= 0.3 is 5.97 Å². The summed E-state index contributed by atoms with van der Waals surface area (Å²) < 4.78 is 27.2. The summed E-state index contributed by atoms with van der Waals surface area (Å²) in [6.07, 6.45) is 0.652. The first-order valence-electron chi connectivity index (χ1n) is 8.77. The van der Waals surface area contributed by atoms with Crippen molar-refractivity contribution in [3.8, 4) is 0 Å². The van der Waals surface area contributed by atoms with Gasteiger partial charge in [-0.15, -0.1) is 0 Å². The van der Waals surface area contributed by atoms with Crippen LogP contribution < -0.4 is 0 Å². The Morgan fingerprint density at radius 2 is 1.75 bits per heavy atom. The molecule has 1 aromatic carbocycles. The molecule has 1 N–H and O–H groups in total. The van der Waals surface area contributed by atoms with Gasteiger partial charge in [0.1, 0.15) is 17.3 Å². The number of ketones is 1. The number of aryl methyl sites for hydroxylation is 1. The van der Waals surface area contributed by atoms with Crippen molar-refractivity contribution in [2.24, 2.45) is 5.92 Å². The van der Waals surface area contributed by atoms with Gasteiger partial charge in [0.25, 0.3) is 5.91 Å². The minimum absolute atomic E-state index is 0.0259. The summed E-state index contributed by atoms with van der Waals surface area (Å²) in [5.74, 6) is -3.88. The lowest BCUT2D eigenvalue weighted by Crippen LogP contribution is -2.40. The first-order chi connectivity index (χ1) is 13.3. The Hall–Kier alpha value is -3.16. The molecule has 0 saturated carbocycles. The number of rotatable bonds is 4. The van der Waals surface area contributed by atoms with Crippen LogP contribution in [0.2, 0.25) is 0 Å². The van der Waals surface area contributed by atoms with Crippen molar-refractivity contribution < 1.29 is 28.3 Å². The minimum Gasteiger partial charge on any atom is -0.478 e. The highest BCUT2D eigenvalue weighted by atomic mass is 19.1. The summed E-state index contributed by atoms with van der Waals surface area (Å²) in [4.78, 5) is 41.7. The van der Waals surface area contributed by atoms with Gasteiger partial charge in [0, 0.05) is 19.0 Å². The van der Waals surface area contributed by atoms with Gasteiger partial charge in [0.2, 0.25) is 0 Å². The second-order valence-corrected chi connectivity index (χ2v) is 6.69. The summed E-state index contributed by atoms with van der Waals surface area (Å²) in [6.45, 7) is 2.06. The highest BCUT2D eigenvalue weighted by Gasteiger charge is 2.30. The molecular weight excluding hydrogens is 370 g/mol. The Bertz CT molecular complexity index is 953. The number of hydrogen-bond acceptors (Lipinski definition) is 4. The molecule has 1 aliphatic rings. The van der Waals surface area contributed by atoms with Crippen LogP contribution >= 0.6 is 0 Å². The van der Waals surface area contributed by atoms with Gasteiger partial charge in [0.15, 0.2) is 5.78 Å². The van der Waals surface area contributed by atoms with E-state index in [1.165, 1.54) is 24.0 Å². The van der Waals surface area contributed by atoms with E-state index in [1.807, 2.05) is 0 Å². The van der Waals surface area contributed by atoms with Crippen LogP contribution in [0.5, 0.6) is 0 Å². The maximum atomic E-state index is 13.8. The third kappa shape index (κ3) is 3.90. The molecule has 6 nitrogen and oxygen atoms in total. The first kappa shape index (κ1) is 19.6. The van der Waals surface area contributed by atoms with Gasteiger partial charge in [-0.25, -0.2) is 18.6 Å². The number of halogens is 2. The molecular formula is C20H18F2N2O4. The average Bonchev–Trinajstić information content (AvgIpc) is 2.68. The number of carboxylic acids is 1. The molecule has 8 heteroatoms. The number of likely N-dealkylation sites (tertiary alicyclic amines) is 1. The van der Waals surface area contributed by atoms with Crippen LogP contribution in [0.3, 0.4) is 0 Å². The lowest BCUT2D eigenvalue weighted by molar-refractivity contribution is 0.0642. The molecule has 0 bridgehead atoms. The number of pyridine rings is 1. The number of amides is 1. The fraction of sp³-hybridized carbons (Fsp3) is 0.300. The molecule has 0 aliphatic carbocycles. The van der Waals surface area contributed by atoms with Crippen molar-refractivity contribution in [3.05, 3.63) is 64.5 Å². The second kappa shape index (κ2) is 7.84. The highest BCUT2D eigenvalue weighted by molar-refractivity contribution is 5.98. The molecule has 1 fully saturated rings. The molecule has 2 heterocycles. The van der Waals surface area contributed by atoms with Crippen molar-refractivity contribution in [1.29, 1.82) is 0 Å². The number of aromatic nitrogens is 1. The van der Waals surface area contributed by atoms with Crippen LogP contribution in [0.15, 0.2) is 30.3 Å². The molecule has 0 radical (unpaired) electrons. The Balaban J connectivity index is 1.67. The van der Waals surface area contributed by atoms with Gasteiger partial charge in [0.05, 0.1) is 16.8 Å². The summed E-state index contributed by atoms with van der Waals surface area (Å²) >= 11 is 0. The molecule has 2 aromatic rings. The molecule has 1 amide bonds. The number of piperidine rings is 1. The molecule has 0 atom stereocenters. The van der Waals surface area contributed by atoms with Crippen molar-refractivity contribution in [2.45, 2.75) is 19.8 Å². The maximum absolute atomic E-state index is 13.8. The lowest BCUT2D eigenvalue weighted by atomic mass is 9.88. The van der Waals surface area contributed by atoms with Gasteiger partial charge < -0.3 is 10.0 Å². The van der Waals surface area contributed by atoms with E-state index in [-0.39, 0.29) is 41.5 Å². The van der Waals surface area contributed by atoms with Crippen LogP contribution in [0.4, 0.5) is 8.78 Å². The Kier molecular flexibility index (Phi) is 5.48. The standard InChI is InChI=1S/C20H18F2N2O4/c1-11-14(20(27)28)3-5-17(23-11)19(26)24-8-6-12(7-9-24)18(25)15-10-13(21)2-4-16(15)22/h2-5,10,12H,6-9H2,1H3,(H,27,28). The Morgan fingerprint density at radius 1 is 1.07 bits per heavy atom. The zero-order chi connectivity index (χ0) is 20.4. The minimum atomic E-state index is -1.12. The van der Waals surface area contributed by atoms with E-state index in [4.69, 9.17) is 5.11 Å². The Morgan fingerprint density at radius 3 is 2.36 bits per heavy atom. The van der Waals surface area contributed by atoms with Crippen LogP contribution in [0, 0.1) is 24.5 Å². The third-order valence-corrected chi connectivity index (χ3v) is 4.88. The number of benzene rings is 1. The average molecular weight is 388 g/mol. The smallest absolute Gasteiger partial charge is 0.337 e. The lowest BCUT2D eigenvalue weighted by Gasteiger charge is -2.31. The quantitative estimate of drug-likeness (QED) is 0.814. The van der Waals surface area contributed by atoms with Crippen molar-refractivity contribution in [1.82, 2.24) is 9.88 Å². The third-order valence-electron chi connectivity index (χ3n) is 4.88. The van der Waals surface area contributed by atoms with E-state index < -0.39 is 29.3 Å². The fourth-order valence-corrected chi connectivity index (χ4v) is 3.32. The molecule has 1 aliphatic heterocycles. The van der Waals surface area contributed by atoms with Gasteiger partial charge in [-0.2, -0.15) is 0 Å². The van der Waals surface area contributed by atoms with Crippen LogP contribution in [-0.4, -0.2) is 45.7 Å². The number of carboxylic acid groups (broad SMARTS) is 1. The zero-order valence-electron chi connectivity index (χ0n) is 15.1. The van der Waals surface area contributed by atoms with Crippen LogP contribution in [-0.2, 0) is 0 Å². The van der Waals surface area contributed by atoms with E-state index in [0.717, 1.165) is 18.2 Å². The van der Waals surface area contributed by atoms with Crippen LogP contribution in [0.25, 0.3) is 0 Å². The van der Waals surface area contributed by atoms with E-state index in [1.54, 1.807) is 0 Å². The van der Waals surface area contributed by atoms with Gasteiger partial charge in [-0.1, -0.05) is 0 Å². The molecule has 3 rings (SSSR count).